The molecule has 0 aliphatic carbocycles. The monoisotopic (exact) mass is 1150 g/mol. The first kappa shape index (κ1) is 60.8. The van der Waals surface area contributed by atoms with Crippen LogP contribution in [0.15, 0.2) is 125 Å². The third kappa shape index (κ3) is 13.5. The van der Waals surface area contributed by atoms with Crippen molar-refractivity contribution in [3.8, 4) is 33.9 Å². The maximum absolute atomic E-state index is 15.4. The molecule has 0 saturated heterocycles. The summed E-state index contributed by atoms with van der Waals surface area (Å²) in [4.78, 5) is 73.7. The molecule has 1 amide bonds. The first-order chi connectivity index (χ1) is 40.4. The minimum Gasteiger partial charge on any atom is -0.478 e. The molecule has 4 aromatic heterocycles. The van der Waals surface area contributed by atoms with Crippen LogP contribution < -0.4 is 27.1 Å². The van der Waals surface area contributed by atoms with E-state index in [0.717, 1.165) is 110 Å². The predicted molar refractivity (Wildman–Crippen MR) is 314 cm³/mol. The molecule has 16 nitrogen and oxygen atoms in total. The molecular formula is C62H61F6N11O5. The minimum absolute atomic E-state index is 0.0333. The van der Waals surface area contributed by atoms with Crippen molar-refractivity contribution in [3.05, 3.63) is 193 Å². The van der Waals surface area contributed by atoms with Crippen LogP contribution in [-0.2, 0) is 0 Å². The topological polar surface area (TPSA) is 192 Å². The van der Waals surface area contributed by atoms with Gasteiger partial charge in [0.15, 0.2) is 11.3 Å². The lowest BCUT2D eigenvalue weighted by Crippen LogP contribution is -2.25. The van der Waals surface area contributed by atoms with Crippen molar-refractivity contribution in [2.45, 2.75) is 54.4 Å². The Kier molecular flexibility index (Phi) is 19.7. The molecule has 22 heteroatoms. The number of pyridine rings is 2. The minimum atomic E-state index is -1.34. The van der Waals surface area contributed by atoms with E-state index in [1.54, 1.807) is 31.2 Å². The molecule has 0 saturated carbocycles. The number of benzene rings is 5. The van der Waals surface area contributed by atoms with E-state index in [0.29, 0.717) is 18.8 Å². The number of anilines is 3. The van der Waals surface area contributed by atoms with Crippen LogP contribution in [0.1, 0.15) is 72.4 Å². The second-order valence-electron chi connectivity index (χ2n) is 19.4. The van der Waals surface area contributed by atoms with E-state index in [1.807, 2.05) is 6.07 Å². The number of amides is 1. The van der Waals surface area contributed by atoms with Gasteiger partial charge in [0.1, 0.15) is 46.3 Å². The molecule has 0 atom stereocenters. The van der Waals surface area contributed by atoms with Crippen molar-refractivity contribution in [1.29, 1.82) is 0 Å². The molecule has 0 unspecified atom stereocenters. The second-order valence-corrected chi connectivity index (χ2v) is 19.4. The molecule has 0 aliphatic heterocycles. The lowest BCUT2D eigenvalue weighted by molar-refractivity contribution is 0.0696. The summed E-state index contributed by atoms with van der Waals surface area (Å²) < 4.78 is 91.7. The Labute approximate surface area is 479 Å². The SMILES string of the molecule is CCN(CC)CCCNc1nc(-c2cc(C(=O)Nc3ccccc3)cc(F)c2C)c2ccc(=O)n(-c3c(F)cccc3F)c2n1.CCN(CC)CCCNc1nc(-c2cc(C(=O)O)cc(F)c2C)c2ccc(=O)n(-c3c(F)cccc3F)c2n1. The molecule has 0 spiro atoms. The van der Waals surface area contributed by atoms with Crippen molar-refractivity contribution in [3.63, 3.8) is 0 Å². The van der Waals surface area contributed by atoms with Gasteiger partial charge in [-0.15, -0.1) is 0 Å². The number of nitrogens with one attached hydrogen (secondary N) is 3. The van der Waals surface area contributed by atoms with Crippen molar-refractivity contribution in [1.82, 2.24) is 38.9 Å². The second kappa shape index (κ2) is 27.2. The summed E-state index contributed by atoms with van der Waals surface area (Å²) in [6, 6.07) is 25.1. The predicted octanol–water partition coefficient (Wildman–Crippen LogP) is 11.6. The Morgan fingerprint density at radius 2 is 0.917 bits per heavy atom. The number of hydrogen-bond acceptors (Lipinski definition) is 12. The lowest BCUT2D eigenvalue weighted by Gasteiger charge is -2.19. The first-order valence-corrected chi connectivity index (χ1v) is 27.3. The number of rotatable bonds is 21. The summed E-state index contributed by atoms with van der Waals surface area (Å²) in [6.07, 6.45) is 1.47. The number of nitrogens with zero attached hydrogens (tertiary/aromatic N) is 8. The highest BCUT2D eigenvalue weighted by atomic mass is 19.2. The molecule has 0 aliphatic rings. The van der Waals surface area contributed by atoms with Gasteiger partial charge >= 0.3 is 5.97 Å². The number of carbonyl (C=O) groups is 2. The maximum atomic E-state index is 15.4. The van der Waals surface area contributed by atoms with Gasteiger partial charge in [-0.25, -0.2) is 41.1 Å². The van der Waals surface area contributed by atoms with E-state index >= 15 is 13.2 Å². The van der Waals surface area contributed by atoms with E-state index in [4.69, 9.17) is 0 Å². The first-order valence-electron chi connectivity index (χ1n) is 27.3. The van der Waals surface area contributed by atoms with Crippen molar-refractivity contribution >= 4 is 51.5 Å². The molecule has 0 radical (unpaired) electrons. The lowest BCUT2D eigenvalue weighted by atomic mass is 9.98. The zero-order valence-corrected chi connectivity index (χ0v) is 47.0. The van der Waals surface area contributed by atoms with Gasteiger partial charge in [-0.05, 0) is 150 Å². The van der Waals surface area contributed by atoms with Crippen LogP contribution >= 0.6 is 0 Å². The van der Waals surface area contributed by atoms with Gasteiger partial charge in [-0.1, -0.05) is 58.0 Å². The van der Waals surface area contributed by atoms with Crippen LogP contribution in [0.2, 0.25) is 0 Å². The number of aromatic carboxylic acids is 1. The fraction of sp³-hybridized carbons (Fsp3) is 0.258. The number of aromatic nitrogens is 6. The van der Waals surface area contributed by atoms with Crippen LogP contribution in [0.4, 0.5) is 43.9 Å². The van der Waals surface area contributed by atoms with Crippen LogP contribution in [0.5, 0.6) is 0 Å². The normalized spacial score (nSPS) is 11.3. The van der Waals surface area contributed by atoms with Crippen molar-refractivity contribution in [2.75, 3.05) is 68.3 Å². The third-order valence-corrected chi connectivity index (χ3v) is 14.2. The van der Waals surface area contributed by atoms with Crippen molar-refractivity contribution < 1.29 is 41.0 Å². The van der Waals surface area contributed by atoms with Crippen LogP contribution in [-0.4, -0.2) is 108 Å². The zero-order valence-electron chi connectivity index (χ0n) is 47.0. The summed E-state index contributed by atoms with van der Waals surface area (Å²) in [6.45, 7) is 17.4. The number of carboxylic acids is 1. The smallest absolute Gasteiger partial charge is 0.335 e. The van der Waals surface area contributed by atoms with E-state index in [1.165, 1.54) is 43.3 Å². The molecule has 84 heavy (non-hydrogen) atoms. The molecule has 9 aromatic rings. The van der Waals surface area contributed by atoms with E-state index in [9.17, 15) is 37.5 Å². The molecule has 4 N–H and O–H groups in total. The Hall–Kier alpha value is -9.28. The Morgan fingerprint density at radius 3 is 1.32 bits per heavy atom. The highest BCUT2D eigenvalue weighted by molar-refractivity contribution is 6.06. The number of fused-ring (bicyclic) bond motifs is 2. The molecule has 9 rings (SSSR count). The van der Waals surface area contributed by atoms with Crippen molar-refractivity contribution in [2.24, 2.45) is 0 Å². The average Bonchev–Trinajstić information content (AvgIpc) is 1.01. The van der Waals surface area contributed by atoms with E-state index in [-0.39, 0.29) is 78.7 Å². The molecule has 0 fully saturated rings. The largest absolute Gasteiger partial charge is 0.478 e. The Balaban J connectivity index is 0.000000221. The zero-order chi connectivity index (χ0) is 60.4. The van der Waals surface area contributed by atoms with Crippen LogP contribution in [0.25, 0.3) is 56.0 Å². The van der Waals surface area contributed by atoms with Gasteiger partial charge in [0.05, 0.1) is 17.0 Å². The summed E-state index contributed by atoms with van der Waals surface area (Å²) in [5.41, 5.74) is -1.63. The summed E-state index contributed by atoms with van der Waals surface area (Å²) in [5, 5.41) is 18.9. The highest BCUT2D eigenvalue weighted by Crippen LogP contribution is 2.35. The van der Waals surface area contributed by atoms with Gasteiger partial charge in [-0.2, -0.15) is 9.97 Å². The Morgan fingerprint density at radius 1 is 0.512 bits per heavy atom. The molecule has 0 bridgehead atoms. The fourth-order valence-electron chi connectivity index (χ4n) is 9.55. The average molecular weight is 1150 g/mol. The maximum Gasteiger partial charge on any atom is 0.335 e. The highest BCUT2D eigenvalue weighted by Gasteiger charge is 2.25. The summed E-state index contributed by atoms with van der Waals surface area (Å²) >= 11 is 0. The van der Waals surface area contributed by atoms with Gasteiger partial charge in [0.25, 0.3) is 17.0 Å². The number of carbonyl (C=O) groups excluding carboxylic acids is 1. The van der Waals surface area contributed by atoms with Gasteiger partial charge in [-0.3, -0.25) is 23.5 Å². The van der Waals surface area contributed by atoms with Gasteiger partial charge in [0.2, 0.25) is 11.9 Å². The molecule has 4 heterocycles. The molecule has 436 valence electrons. The number of hydrogen-bond donors (Lipinski definition) is 4. The summed E-state index contributed by atoms with van der Waals surface area (Å²) in [7, 11) is 0. The van der Waals surface area contributed by atoms with Crippen LogP contribution in [0, 0.1) is 48.8 Å². The fourth-order valence-corrected chi connectivity index (χ4v) is 9.55. The van der Waals surface area contributed by atoms with Gasteiger partial charge in [0, 0.05) is 58.4 Å². The number of carboxylic acid groups (broad SMARTS) is 1. The number of halogens is 6. The Bertz CT molecular complexity index is 3980. The molecule has 5 aromatic carbocycles. The van der Waals surface area contributed by atoms with E-state index < -0.39 is 69.3 Å². The third-order valence-electron chi connectivity index (χ3n) is 14.2. The summed E-state index contributed by atoms with van der Waals surface area (Å²) in [5.74, 6) is -7.06. The van der Waals surface area contributed by atoms with Gasteiger partial charge < -0.3 is 30.9 Å². The van der Waals surface area contributed by atoms with Crippen LogP contribution in [0.3, 0.4) is 0 Å². The molecular weight excluding hydrogens is 1090 g/mol. The standard InChI is InChI=1S/C34H33F3N6O2.C28H28F3N5O3/c1-4-42(5-2)18-10-17-38-34-40-30(24-15-16-29(44)43(32(24)41-34)31-26(35)13-9-14-27(31)36)25-19-22(20-28(37)21(25)3)33(45)39-23-11-7-6-8-12-23;1-4-35(5-2)13-7-12-32-28-33-24(19-14-17(27(38)39)15-22(31)16(19)3)18-10-11-23(37)36(26(18)34-28)25-20(29)8-6-9-21(25)30/h6-9,11-16,19-20H,4-5,10,17-18H2,1-3H3,(H,39,45)(H,38,40,41);6,8-11,14-15H,4-5,7,12-13H2,1-3H3,(H,38,39)(H,32,33,34). The number of para-hydroxylation sites is 3. The quantitative estimate of drug-likeness (QED) is 0.0393. The van der Waals surface area contributed by atoms with E-state index in [2.05, 4.69) is 73.4 Å².